The van der Waals surface area contributed by atoms with E-state index in [1.807, 2.05) is 42.1 Å². The molecule has 2 N–H and O–H groups in total. The minimum absolute atomic E-state index is 0.516. The summed E-state index contributed by atoms with van der Waals surface area (Å²) in [7, 11) is 1.97. The molecule has 1 aromatic heterocycles. The van der Waals surface area contributed by atoms with Crippen molar-refractivity contribution < 1.29 is 5.21 Å². The third kappa shape index (κ3) is 1.18. The normalized spacial score (nSPS) is 10.4. The van der Waals surface area contributed by atoms with Crippen molar-refractivity contribution >= 4 is 16.6 Å². The van der Waals surface area contributed by atoms with Gasteiger partial charge in [-0.15, -0.1) is 0 Å². The number of nitrogens with one attached hydrogen (secondary N) is 1. The molecule has 2 aromatic rings. The maximum absolute atomic E-state index is 8.80. The van der Waals surface area contributed by atoms with Gasteiger partial charge in [-0.3, -0.25) is 10.7 Å². The van der Waals surface area contributed by atoms with Gasteiger partial charge in [0.25, 0.3) is 0 Å². The van der Waals surface area contributed by atoms with Gasteiger partial charge in [0, 0.05) is 29.7 Å². The zero-order valence-electron chi connectivity index (χ0n) is 7.99. The lowest BCUT2D eigenvalue weighted by atomic mass is 10.1. The molecule has 0 amide bonds. The molecule has 0 unspecified atom stereocenters. The predicted octanol–water partition coefficient (Wildman–Crippen LogP) is 2.13. The van der Waals surface area contributed by atoms with E-state index in [-0.39, 0.29) is 0 Å². The van der Waals surface area contributed by atoms with Crippen LogP contribution in [-0.2, 0) is 7.05 Å². The molecule has 0 fully saturated rings. The first-order chi connectivity index (χ1) is 6.74. The maximum Gasteiger partial charge on any atom is 0.0624 e. The van der Waals surface area contributed by atoms with E-state index in [4.69, 9.17) is 5.21 Å². The maximum atomic E-state index is 8.80. The fourth-order valence-electron chi connectivity index (χ4n) is 1.64. The lowest BCUT2D eigenvalue weighted by Crippen LogP contribution is -2.03. The third-order valence-corrected chi connectivity index (χ3v) is 2.36. The molecule has 3 heteroatoms. The number of hydrogen-bond acceptors (Lipinski definition) is 2. The van der Waals surface area contributed by atoms with Gasteiger partial charge in [-0.1, -0.05) is 24.8 Å². The van der Waals surface area contributed by atoms with Crippen molar-refractivity contribution in [2.75, 3.05) is 0 Å². The summed E-state index contributed by atoms with van der Waals surface area (Å²) < 4.78 is 2.01. The van der Waals surface area contributed by atoms with Crippen LogP contribution >= 0.6 is 0 Å². The van der Waals surface area contributed by atoms with Crippen LogP contribution in [0.3, 0.4) is 0 Å². The number of benzene rings is 1. The molecule has 0 aliphatic rings. The Balaban J connectivity index is 2.72. The van der Waals surface area contributed by atoms with Crippen molar-refractivity contribution in [2.24, 2.45) is 7.05 Å². The second-order valence-corrected chi connectivity index (χ2v) is 3.26. The number of hydroxylamine groups is 1. The topological polar surface area (TPSA) is 37.2 Å². The van der Waals surface area contributed by atoms with Crippen LogP contribution in [0.5, 0.6) is 0 Å². The van der Waals surface area contributed by atoms with Crippen LogP contribution in [0.2, 0.25) is 0 Å². The highest BCUT2D eigenvalue weighted by atomic mass is 16.5. The second-order valence-electron chi connectivity index (χ2n) is 3.26. The Hall–Kier alpha value is -1.74. The molecule has 0 atom stereocenters. The molecule has 3 nitrogen and oxygen atoms in total. The Bertz CT molecular complexity index is 485. The zero-order valence-corrected chi connectivity index (χ0v) is 7.99. The molecule has 0 aliphatic carbocycles. The predicted molar refractivity (Wildman–Crippen MR) is 56.9 cm³/mol. The van der Waals surface area contributed by atoms with Crippen LogP contribution in [0.25, 0.3) is 16.6 Å². The molecule has 0 radical (unpaired) electrons. The summed E-state index contributed by atoms with van der Waals surface area (Å²) in [6.45, 7) is 3.73. The Labute approximate surface area is 82.2 Å². The van der Waals surface area contributed by atoms with Gasteiger partial charge < -0.3 is 4.57 Å². The van der Waals surface area contributed by atoms with Crippen molar-refractivity contribution in [3.63, 3.8) is 0 Å². The lowest BCUT2D eigenvalue weighted by molar-refractivity contribution is 0.225. The van der Waals surface area contributed by atoms with Crippen LogP contribution in [-0.4, -0.2) is 9.77 Å². The summed E-state index contributed by atoms with van der Waals surface area (Å²) in [5.74, 6) is 0. The molecule has 0 saturated carbocycles. The summed E-state index contributed by atoms with van der Waals surface area (Å²) in [6, 6.07) is 7.99. The molecule has 2 rings (SSSR count). The fourth-order valence-corrected chi connectivity index (χ4v) is 1.64. The Morgan fingerprint density at radius 3 is 2.86 bits per heavy atom. The van der Waals surface area contributed by atoms with Gasteiger partial charge in [0.05, 0.1) is 5.70 Å². The molecule has 0 bridgehead atoms. The van der Waals surface area contributed by atoms with Crippen LogP contribution in [0, 0.1) is 0 Å². The minimum Gasteiger partial charge on any atom is -0.350 e. The summed E-state index contributed by atoms with van der Waals surface area (Å²) in [5.41, 5.74) is 4.64. The smallest absolute Gasteiger partial charge is 0.0624 e. The van der Waals surface area contributed by atoms with Gasteiger partial charge in [0.1, 0.15) is 0 Å². The molecule has 0 spiro atoms. The van der Waals surface area contributed by atoms with Gasteiger partial charge in [-0.2, -0.15) is 0 Å². The van der Waals surface area contributed by atoms with Gasteiger partial charge in [-0.25, -0.2) is 0 Å². The third-order valence-electron chi connectivity index (χ3n) is 2.36. The summed E-state index contributed by atoms with van der Waals surface area (Å²) in [4.78, 5) is 0. The average molecular weight is 188 g/mol. The van der Waals surface area contributed by atoms with E-state index in [2.05, 4.69) is 12.1 Å². The number of fused-ring (bicyclic) bond motifs is 1. The standard InChI is InChI=1S/C11H12N2O/c1-8(12-14)10-7-13(2)11-6-4-3-5-9(10)11/h3-7,12,14H,1H2,2H3. The fraction of sp³-hybridized carbons (Fsp3) is 0.0909. The molecule has 0 aliphatic heterocycles. The van der Waals surface area contributed by atoms with Crippen molar-refractivity contribution in [3.05, 3.63) is 42.6 Å². The molecule has 14 heavy (non-hydrogen) atoms. The Kier molecular flexibility index (Phi) is 2.02. The Morgan fingerprint density at radius 1 is 1.43 bits per heavy atom. The molecule has 0 saturated heterocycles. The van der Waals surface area contributed by atoms with Crippen molar-refractivity contribution in [3.8, 4) is 0 Å². The largest absolute Gasteiger partial charge is 0.350 e. The van der Waals surface area contributed by atoms with E-state index in [0.717, 1.165) is 16.5 Å². The van der Waals surface area contributed by atoms with E-state index in [0.29, 0.717) is 5.70 Å². The monoisotopic (exact) mass is 188 g/mol. The highest BCUT2D eigenvalue weighted by Gasteiger charge is 2.07. The number of rotatable bonds is 2. The molecular formula is C11H12N2O. The molecule has 1 heterocycles. The number of para-hydroxylation sites is 1. The molecule has 1 aromatic carbocycles. The van der Waals surface area contributed by atoms with E-state index >= 15 is 0 Å². The quantitative estimate of drug-likeness (QED) is 0.708. The minimum atomic E-state index is 0.516. The summed E-state index contributed by atoms with van der Waals surface area (Å²) in [5, 5.41) is 9.88. The summed E-state index contributed by atoms with van der Waals surface area (Å²) >= 11 is 0. The van der Waals surface area contributed by atoms with Gasteiger partial charge in [0.2, 0.25) is 0 Å². The SMILES string of the molecule is C=C(NO)c1cn(C)c2ccccc12. The Morgan fingerprint density at radius 2 is 2.14 bits per heavy atom. The molecular weight excluding hydrogens is 176 g/mol. The van der Waals surface area contributed by atoms with Crippen LogP contribution < -0.4 is 5.48 Å². The highest BCUT2D eigenvalue weighted by Crippen LogP contribution is 2.23. The number of nitrogens with zero attached hydrogens (tertiary/aromatic N) is 1. The van der Waals surface area contributed by atoms with Gasteiger partial charge in [-0.05, 0) is 6.07 Å². The second kappa shape index (κ2) is 3.20. The number of aryl methyl sites for hydroxylation is 1. The van der Waals surface area contributed by atoms with E-state index in [9.17, 15) is 0 Å². The van der Waals surface area contributed by atoms with Gasteiger partial charge >= 0.3 is 0 Å². The zero-order chi connectivity index (χ0) is 10.1. The number of hydrogen-bond donors (Lipinski definition) is 2. The van der Waals surface area contributed by atoms with Crippen molar-refractivity contribution in [2.45, 2.75) is 0 Å². The van der Waals surface area contributed by atoms with Crippen LogP contribution in [0.1, 0.15) is 5.56 Å². The van der Waals surface area contributed by atoms with Crippen molar-refractivity contribution in [1.82, 2.24) is 10.0 Å². The first kappa shape index (κ1) is 8.84. The lowest BCUT2D eigenvalue weighted by Gasteiger charge is -2.00. The first-order valence-electron chi connectivity index (χ1n) is 4.37. The van der Waals surface area contributed by atoms with E-state index in [1.54, 1.807) is 0 Å². The summed E-state index contributed by atoms with van der Waals surface area (Å²) in [6.07, 6.45) is 1.94. The van der Waals surface area contributed by atoms with Crippen molar-refractivity contribution in [1.29, 1.82) is 0 Å². The first-order valence-corrected chi connectivity index (χ1v) is 4.37. The van der Waals surface area contributed by atoms with Gasteiger partial charge in [0.15, 0.2) is 0 Å². The van der Waals surface area contributed by atoms with Crippen LogP contribution in [0.15, 0.2) is 37.0 Å². The van der Waals surface area contributed by atoms with E-state index < -0.39 is 0 Å². The number of aromatic nitrogens is 1. The molecule has 72 valence electrons. The average Bonchev–Trinajstić information content (AvgIpc) is 2.56. The van der Waals surface area contributed by atoms with Crippen LogP contribution in [0.4, 0.5) is 0 Å². The highest BCUT2D eigenvalue weighted by molar-refractivity contribution is 5.92. The van der Waals surface area contributed by atoms with E-state index in [1.165, 1.54) is 0 Å².